The second kappa shape index (κ2) is 7.33. The molecule has 1 N–H and O–H groups in total. The lowest BCUT2D eigenvalue weighted by Gasteiger charge is -2.07. The third-order valence-corrected chi connectivity index (χ3v) is 3.09. The smallest absolute Gasteiger partial charge is 0.267 e. The second-order valence-electron chi connectivity index (χ2n) is 4.86. The van der Waals surface area contributed by atoms with Crippen molar-refractivity contribution in [1.29, 1.82) is 0 Å². The molecular weight excluding hydrogens is 262 g/mol. The van der Waals surface area contributed by atoms with Crippen LogP contribution in [0, 0.1) is 6.92 Å². The molecule has 0 unspecified atom stereocenters. The molecular formula is C17H19N3O. The van der Waals surface area contributed by atoms with Gasteiger partial charge < -0.3 is 0 Å². The summed E-state index contributed by atoms with van der Waals surface area (Å²) in [6.07, 6.45) is 4.94. The summed E-state index contributed by atoms with van der Waals surface area (Å²) in [6, 6.07) is 11.6. The topological polar surface area (TPSA) is 54.4 Å². The first-order chi connectivity index (χ1) is 10.2. The molecule has 108 valence electrons. The molecule has 4 nitrogen and oxygen atoms in total. The number of nitrogens with zero attached hydrogens (tertiary/aromatic N) is 2. The fourth-order valence-corrected chi connectivity index (χ4v) is 1.93. The molecule has 0 saturated carbocycles. The van der Waals surface area contributed by atoms with Crippen molar-refractivity contribution in [2.24, 2.45) is 5.10 Å². The van der Waals surface area contributed by atoms with Gasteiger partial charge in [-0.3, -0.25) is 9.78 Å². The van der Waals surface area contributed by atoms with Crippen LogP contribution in [0.1, 0.15) is 41.3 Å². The minimum Gasteiger partial charge on any atom is -0.267 e. The SMILES string of the molecule is CCC/C(=N/NC(=O)c1cccnc1)c1ccc(C)cc1. The van der Waals surface area contributed by atoms with E-state index in [2.05, 4.69) is 22.4 Å². The van der Waals surface area contributed by atoms with E-state index in [1.54, 1.807) is 18.3 Å². The van der Waals surface area contributed by atoms with E-state index in [-0.39, 0.29) is 5.91 Å². The maximum absolute atomic E-state index is 12.0. The number of amides is 1. The number of nitrogens with one attached hydrogen (secondary N) is 1. The molecule has 0 fully saturated rings. The zero-order valence-electron chi connectivity index (χ0n) is 12.3. The van der Waals surface area contributed by atoms with Crippen molar-refractivity contribution in [3.05, 3.63) is 65.5 Å². The average molecular weight is 281 g/mol. The Labute approximate surface area is 124 Å². The average Bonchev–Trinajstić information content (AvgIpc) is 2.53. The molecule has 1 heterocycles. The Hall–Kier alpha value is -2.49. The summed E-state index contributed by atoms with van der Waals surface area (Å²) < 4.78 is 0. The first-order valence-corrected chi connectivity index (χ1v) is 7.04. The number of carbonyl (C=O) groups excluding carboxylic acids is 1. The number of benzene rings is 1. The van der Waals surface area contributed by atoms with E-state index < -0.39 is 0 Å². The number of carbonyl (C=O) groups is 1. The Morgan fingerprint density at radius 2 is 1.95 bits per heavy atom. The van der Waals surface area contributed by atoms with E-state index in [4.69, 9.17) is 0 Å². The van der Waals surface area contributed by atoms with Crippen molar-refractivity contribution in [3.8, 4) is 0 Å². The summed E-state index contributed by atoms with van der Waals surface area (Å²) in [4.78, 5) is 15.9. The quantitative estimate of drug-likeness (QED) is 0.675. The fourth-order valence-electron chi connectivity index (χ4n) is 1.93. The van der Waals surface area contributed by atoms with E-state index in [9.17, 15) is 4.79 Å². The monoisotopic (exact) mass is 281 g/mol. The predicted octanol–water partition coefficient (Wildman–Crippen LogP) is 3.32. The second-order valence-corrected chi connectivity index (χ2v) is 4.86. The lowest BCUT2D eigenvalue weighted by atomic mass is 10.0. The summed E-state index contributed by atoms with van der Waals surface area (Å²) in [5.41, 5.74) is 6.23. The van der Waals surface area contributed by atoms with Crippen molar-refractivity contribution in [2.75, 3.05) is 0 Å². The van der Waals surface area contributed by atoms with Gasteiger partial charge in [-0.15, -0.1) is 0 Å². The van der Waals surface area contributed by atoms with Crippen molar-refractivity contribution < 1.29 is 4.79 Å². The summed E-state index contributed by atoms with van der Waals surface area (Å²) in [5, 5.41) is 4.28. The summed E-state index contributed by atoms with van der Waals surface area (Å²) in [7, 11) is 0. The van der Waals surface area contributed by atoms with Crippen LogP contribution in [0.5, 0.6) is 0 Å². The van der Waals surface area contributed by atoms with Crippen LogP contribution in [0.25, 0.3) is 0 Å². The molecule has 0 atom stereocenters. The molecule has 2 aromatic rings. The molecule has 0 aliphatic heterocycles. The van der Waals surface area contributed by atoms with Gasteiger partial charge in [-0.1, -0.05) is 43.2 Å². The molecule has 0 bridgehead atoms. The highest BCUT2D eigenvalue weighted by Crippen LogP contribution is 2.08. The van der Waals surface area contributed by atoms with E-state index in [0.717, 1.165) is 24.1 Å². The number of hydrogen-bond donors (Lipinski definition) is 1. The highest BCUT2D eigenvalue weighted by Gasteiger charge is 2.06. The maximum Gasteiger partial charge on any atom is 0.272 e. The Bertz CT molecular complexity index is 618. The summed E-state index contributed by atoms with van der Waals surface area (Å²) in [6.45, 7) is 4.14. The lowest BCUT2D eigenvalue weighted by molar-refractivity contribution is 0.0954. The number of hydrazone groups is 1. The molecule has 0 aliphatic rings. The molecule has 21 heavy (non-hydrogen) atoms. The Morgan fingerprint density at radius 3 is 2.57 bits per heavy atom. The molecule has 4 heteroatoms. The van der Waals surface area contributed by atoms with Gasteiger partial charge in [0, 0.05) is 12.4 Å². The van der Waals surface area contributed by atoms with Crippen molar-refractivity contribution >= 4 is 11.6 Å². The largest absolute Gasteiger partial charge is 0.272 e. The van der Waals surface area contributed by atoms with Crippen LogP contribution in [0.3, 0.4) is 0 Å². The van der Waals surface area contributed by atoms with E-state index in [0.29, 0.717) is 5.56 Å². The van der Waals surface area contributed by atoms with Crippen LogP contribution >= 0.6 is 0 Å². The lowest BCUT2D eigenvalue weighted by Crippen LogP contribution is -2.20. The Balaban J connectivity index is 2.14. The molecule has 1 amide bonds. The van der Waals surface area contributed by atoms with Gasteiger partial charge in [0.25, 0.3) is 5.91 Å². The summed E-state index contributed by atoms with van der Waals surface area (Å²) >= 11 is 0. The van der Waals surface area contributed by atoms with Crippen molar-refractivity contribution in [3.63, 3.8) is 0 Å². The van der Waals surface area contributed by atoms with Gasteiger partial charge in [-0.05, 0) is 31.0 Å². The van der Waals surface area contributed by atoms with E-state index in [1.807, 2.05) is 31.2 Å². The molecule has 0 radical (unpaired) electrons. The van der Waals surface area contributed by atoms with Crippen LogP contribution in [-0.2, 0) is 0 Å². The van der Waals surface area contributed by atoms with Gasteiger partial charge in [-0.25, -0.2) is 5.43 Å². The van der Waals surface area contributed by atoms with Gasteiger partial charge in [0.15, 0.2) is 0 Å². The Kier molecular flexibility index (Phi) is 5.21. The first-order valence-electron chi connectivity index (χ1n) is 7.04. The molecule has 1 aromatic carbocycles. The number of pyridine rings is 1. The number of aryl methyl sites for hydroxylation is 1. The minimum absolute atomic E-state index is 0.246. The van der Waals surface area contributed by atoms with Gasteiger partial charge in [0.2, 0.25) is 0 Å². The fraction of sp³-hybridized carbons (Fsp3) is 0.235. The molecule has 0 spiro atoms. The number of aromatic nitrogens is 1. The van der Waals surface area contributed by atoms with Crippen LogP contribution < -0.4 is 5.43 Å². The predicted molar refractivity (Wildman–Crippen MR) is 84.3 cm³/mol. The van der Waals surface area contributed by atoms with Crippen LogP contribution in [0.15, 0.2) is 53.9 Å². The van der Waals surface area contributed by atoms with Gasteiger partial charge in [0.05, 0.1) is 11.3 Å². The van der Waals surface area contributed by atoms with Gasteiger partial charge >= 0.3 is 0 Å². The van der Waals surface area contributed by atoms with E-state index >= 15 is 0 Å². The zero-order chi connectivity index (χ0) is 15.1. The normalized spacial score (nSPS) is 11.2. The minimum atomic E-state index is -0.246. The number of hydrogen-bond acceptors (Lipinski definition) is 3. The Morgan fingerprint density at radius 1 is 1.19 bits per heavy atom. The van der Waals surface area contributed by atoms with Gasteiger partial charge in [0.1, 0.15) is 0 Å². The third-order valence-electron chi connectivity index (χ3n) is 3.09. The van der Waals surface area contributed by atoms with Crippen LogP contribution in [-0.4, -0.2) is 16.6 Å². The molecule has 2 rings (SSSR count). The zero-order valence-corrected chi connectivity index (χ0v) is 12.3. The van der Waals surface area contributed by atoms with Crippen LogP contribution in [0.2, 0.25) is 0 Å². The highest BCUT2D eigenvalue weighted by molar-refractivity contribution is 6.02. The highest BCUT2D eigenvalue weighted by atomic mass is 16.2. The molecule has 0 saturated heterocycles. The van der Waals surface area contributed by atoms with Crippen molar-refractivity contribution in [1.82, 2.24) is 10.4 Å². The van der Waals surface area contributed by atoms with E-state index in [1.165, 1.54) is 11.8 Å². The summed E-state index contributed by atoms with van der Waals surface area (Å²) in [5.74, 6) is -0.246. The number of rotatable bonds is 5. The molecule has 0 aliphatic carbocycles. The first kappa shape index (κ1) is 14.9. The van der Waals surface area contributed by atoms with Gasteiger partial charge in [-0.2, -0.15) is 5.10 Å². The standard InChI is InChI=1S/C17H19N3O/c1-3-5-16(14-9-7-13(2)8-10-14)19-20-17(21)15-6-4-11-18-12-15/h4,6-12H,3,5H2,1-2H3,(H,20,21)/b19-16-. The third kappa shape index (κ3) is 4.24. The maximum atomic E-state index is 12.0. The molecule has 1 aromatic heterocycles. The van der Waals surface area contributed by atoms with Crippen molar-refractivity contribution in [2.45, 2.75) is 26.7 Å². The van der Waals surface area contributed by atoms with Crippen LogP contribution in [0.4, 0.5) is 0 Å².